The largest absolute Gasteiger partial charge is 0.494 e. The van der Waals surface area contributed by atoms with Crippen LogP contribution in [-0.4, -0.2) is 23.7 Å². The third-order valence-corrected chi connectivity index (χ3v) is 4.57. The molecule has 3 rings (SSSR count). The first kappa shape index (κ1) is 17.0. The van der Waals surface area contributed by atoms with Gasteiger partial charge in [0.05, 0.1) is 23.8 Å². The van der Waals surface area contributed by atoms with Crippen molar-refractivity contribution in [2.75, 3.05) is 17.9 Å². The number of hydrazone groups is 1. The van der Waals surface area contributed by atoms with Crippen molar-refractivity contribution in [3.8, 4) is 5.75 Å². The molecular weight excluding hydrogens is 340 g/mol. The Morgan fingerprint density at radius 2 is 2.24 bits per heavy atom. The minimum Gasteiger partial charge on any atom is -0.494 e. The number of thiazole rings is 1. The number of methoxy groups -OCH3 is 1. The van der Waals surface area contributed by atoms with E-state index in [1.807, 2.05) is 13.8 Å². The van der Waals surface area contributed by atoms with Gasteiger partial charge in [0.2, 0.25) is 5.13 Å². The highest BCUT2D eigenvalue weighted by molar-refractivity contribution is 7.22. The second-order valence-electron chi connectivity index (χ2n) is 5.26. The van der Waals surface area contributed by atoms with Crippen LogP contribution in [0.1, 0.15) is 30.8 Å². The first-order chi connectivity index (χ1) is 12.1. The minimum absolute atomic E-state index is 0.245. The topological polar surface area (TPSA) is 88.8 Å². The van der Waals surface area contributed by atoms with E-state index in [0.29, 0.717) is 22.1 Å². The molecule has 1 amide bonds. The van der Waals surface area contributed by atoms with Crippen molar-refractivity contribution < 1.29 is 13.9 Å². The molecule has 8 heteroatoms. The summed E-state index contributed by atoms with van der Waals surface area (Å²) in [6.07, 6.45) is 2.31. The fourth-order valence-corrected chi connectivity index (χ4v) is 3.00. The molecule has 2 heterocycles. The quantitative estimate of drug-likeness (QED) is 0.505. The number of hydrogen-bond donors (Lipinski definition) is 2. The summed E-state index contributed by atoms with van der Waals surface area (Å²) in [5, 5.41) is 7.74. The van der Waals surface area contributed by atoms with Gasteiger partial charge in [-0.25, -0.2) is 4.98 Å². The van der Waals surface area contributed by atoms with E-state index >= 15 is 0 Å². The first-order valence-corrected chi connectivity index (χ1v) is 8.55. The van der Waals surface area contributed by atoms with Crippen LogP contribution in [0.25, 0.3) is 10.2 Å². The number of carbonyl (C=O) groups excluding carboxylic acids is 1. The predicted octanol–water partition coefficient (Wildman–Crippen LogP) is 4.35. The molecule has 2 aromatic heterocycles. The molecule has 3 aromatic rings. The van der Waals surface area contributed by atoms with E-state index in [4.69, 9.17) is 9.15 Å². The highest BCUT2D eigenvalue weighted by Gasteiger charge is 2.16. The number of nitrogens with one attached hydrogen (secondary N) is 2. The SMILES string of the molecule is CC/C(C)=N/Nc1nc2c(OC)ccc(NC(=O)c3ccco3)c2s1. The Bertz CT molecular complexity index is 916. The first-order valence-electron chi connectivity index (χ1n) is 7.74. The van der Waals surface area contributed by atoms with Crippen LogP contribution in [0.15, 0.2) is 40.0 Å². The van der Waals surface area contributed by atoms with Crippen LogP contribution in [0.4, 0.5) is 10.8 Å². The van der Waals surface area contributed by atoms with Crippen LogP contribution >= 0.6 is 11.3 Å². The predicted molar refractivity (Wildman–Crippen MR) is 99.9 cm³/mol. The van der Waals surface area contributed by atoms with Crippen LogP contribution < -0.4 is 15.5 Å². The molecule has 25 heavy (non-hydrogen) atoms. The van der Waals surface area contributed by atoms with Gasteiger partial charge in [0.1, 0.15) is 11.3 Å². The van der Waals surface area contributed by atoms with Gasteiger partial charge in [-0.15, -0.1) is 0 Å². The Morgan fingerprint density at radius 1 is 1.40 bits per heavy atom. The molecule has 0 saturated heterocycles. The smallest absolute Gasteiger partial charge is 0.291 e. The van der Waals surface area contributed by atoms with Gasteiger partial charge in [-0.2, -0.15) is 5.10 Å². The molecule has 0 aliphatic carbocycles. The standard InChI is InChI=1S/C17H18N4O3S/c1-4-10(2)20-21-17-19-14-12(23-3)8-7-11(15(14)25-17)18-16(22)13-6-5-9-24-13/h5-9H,4H2,1-3H3,(H,18,22)(H,19,21)/b20-10+. The summed E-state index contributed by atoms with van der Waals surface area (Å²) in [5.74, 6) is 0.556. The molecule has 0 radical (unpaired) electrons. The monoisotopic (exact) mass is 358 g/mol. The van der Waals surface area contributed by atoms with Crippen molar-refractivity contribution in [2.45, 2.75) is 20.3 Å². The summed E-state index contributed by atoms with van der Waals surface area (Å²) in [6.45, 7) is 3.97. The molecule has 0 unspecified atom stereocenters. The zero-order chi connectivity index (χ0) is 17.8. The Morgan fingerprint density at radius 3 is 2.92 bits per heavy atom. The Labute approximate surface area is 148 Å². The van der Waals surface area contributed by atoms with Gasteiger partial charge in [0.15, 0.2) is 5.76 Å². The molecule has 0 bridgehead atoms. The van der Waals surface area contributed by atoms with E-state index in [9.17, 15) is 4.79 Å². The molecule has 0 atom stereocenters. The van der Waals surface area contributed by atoms with E-state index in [1.165, 1.54) is 17.6 Å². The highest BCUT2D eigenvalue weighted by Crippen LogP contribution is 2.38. The number of fused-ring (bicyclic) bond motifs is 1. The number of ether oxygens (including phenoxy) is 1. The van der Waals surface area contributed by atoms with E-state index in [-0.39, 0.29) is 11.7 Å². The maximum Gasteiger partial charge on any atom is 0.291 e. The van der Waals surface area contributed by atoms with Gasteiger partial charge >= 0.3 is 0 Å². The molecular formula is C17H18N4O3S. The molecule has 7 nitrogen and oxygen atoms in total. The Hall–Kier alpha value is -2.87. The Kier molecular flexibility index (Phi) is 4.99. The molecule has 0 saturated carbocycles. The van der Waals surface area contributed by atoms with E-state index in [2.05, 4.69) is 20.8 Å². The van der Waals surface area contributed by atoms with E-state index in [1.54, 1.807) is 31.4 Å². The number of aromatic nitrogens is 1. The average Bonchev–Trinajstić information content (AvgIpc) is 3.29. The van der Waals surface area contributed by atoms with Gasteiger partial charge < -0.3 is 14.5 Å². The fourth-order valence-electron chi connectivity index (χ4n) is 2.11. The molecule has 0 spiro atoms. The highest BCUT2D eigenvalue weighted by atomic mass is 32.1. The van der Waals surface area contributed by atoms with E-state index < -0.39 is 0 Å². The third kappa shape index (κ3) is 3.63. The zero-order valence-electron chi connectivity index (χ0n) is 14.1. The van der Waals surface area contributed by atoms with E-state index in [0.717, 1.165) is 16.8 Å². The lowest BCUT2D eigenvalue weighted by Crippen LogP contribution is -2.10. The second kappa shape index (κ2) is 7.35. The van der Waals surface area contributed by atoms with Gasteiger partial charge in [0, 0.05) is 5.71 Å². The summed E-state index contributed by atoms with van der Waals surface area (Å²) in [5.41, 5.74) is 5.22. The fraction of sp³-hybridized carbons (Fsp3) is 0.235. The van der Waals surface area contributed by atoms with Gasteiger partial charge in [-0.3, -0.25) is 10.2 Å². The molecule has 0 fully saturated rings. The lowest BCUT2D eigenvalue weighted by Gasteiger charge is -2.06. The second-order valence-corrected chi connectivity index (χ2v) is 6.26. The lowest BCUT2D eigenvalue weighted by molar-refractivity contribution is 0.0997. The third-order valence-electron chi connectivity index (χ3n) is 3.57. The number of rotatable bonds is 6. The van der Waals surface area contributed by atoms with Crippen molar-refractivity contribution in [2.24, 2.45) is 5.10 Å². The van der Waals surface area contributed by atoms with Crippen LogP contribution in [0, 0.1) is 0 Å². The number of carbonyl (C=O) groups is 1. The summed E-state index contributed by atoms with van der Waals surface area (Å²) in [7, 11) is 1.59. The van der Waals surface area contributed by atoms with Crippen molar-refractivity contribution in [3.63, 3.8) is 0 Å². The average molecular weight is 358 g/mol. The minimum atomic E-state index is -0.320. The lowest BCUT2D eigenvalue weighted by atomic mass is 10.2. The number of anilines is 2. The maximum absolute atomic E-state index is 12.2. The van der Waals surface area contributed by atoms with Gasteiger partial charge in [0.25, 0.3) is 5.91 Å². The van der Waals surface area contributed by atoms with Crippen molar-refractivity contribution in [1.29, 1.82) is 0 Å². The zero-order valence-corrected chi connectivity index (χ0v) is 14.9. The molecule has 0 aliphatic rings. The summed E-state index contributed by atoms with van der Waals surface area (Å²) in [4.78, 5) is 16.8. The molecule has 1 aromatic carbocycles. The number of furan rings is 1. The number of amides is 1. The van der Waals surface area contributed by atoms with Crippen molar-refractivity contribution in [1.82, 2.24) is 4.98 Å². The van der Waals surface area contributed by atoms with Gasteiger partial charge in [-0.1, -0.05) is 18.3 Å². The van der Waals surface area contributed by atoms with Crippen LogP contribution in [0.3, 0.4) is 0 Å². The number of benzene rings is 1. The molecule has 0 aliphatic heterocycles. The Balaban J connectivity index is 1.95. The van der Waals surface area contributed by atoms with Gasteiger partial charge in [-0.05, 0) is 37.6 Å². The normalized spacial score (nSPS) is 11.6. The molecule has 130 valence electrons. The summed E-state index contributed by atoms with van der Waals surface area (Å²) < 4.78 is 11.3. The van der Waals surface area contributed by atoms with Crippen LogP contribution in [0.5, 0.6) is 5.75 Å². The number of nitrogens with zero attached hydrogens (tertiary/aromatic N) is 2. The van der Waals surface area contributed by atoms with Crippen molar-refractivity contribution >= 4 is 44.0 Å². The van der Waals surface area contributed by atoms with Crippen LogP contribution in [-0.2, 0) is 0 Å². The van der Waals surface area contributed by atoms with Crippen molar-refractivity contribution in [3.05, 3.63) is 36.3 Å². The molecule has 2 N–H and O–H groups in total. The summed E-state index contributed by atoms with van der Waals surface area (Å²) in [6, 6.07) is 6.83. The number of hydrogen-bond acceptors (Lipinski definition) is 7. The maximum atomic E-state index is 12.2. The van der Waals surface area contributed by atoms with Crippen LogP contribution in [0.2, 0.25) is 0 Å². The summed E-state index contributed by atoms with van der Waals surface area (Å²) >= 11 is 1.39.